The molecule has 0 N–H and O–H groups in total. The number of hydrogen-bond donors (Lipinski definition) is 0. The molecule has 0 aromatic rings. The highest BCUT2D eigenvalue weighted by Crippen LogP contribution is 2.37. The van der Waals surface area contributed by atoms with E-state index < -0.39 is 0 Å². The van der Waals surface area contributed by atoms with Crippen molar-refractivity contribution in [2.45, 2.75) is 66.2 Å². The molecular formula is C22H32O4. The first-order valence-corrected chi connectivity index (χ1v) is 9.43. The van der Waals surface area contributed by atoms with Crippen molar-refractivity contribution < 1.29 is 19.1 Å². The summed E-state index contributed by atoms with van der Waals surface area (Å²) in [5.74, 6) is -0.561. The Kier molecular flexibility index (Phi) is 9.85. The van der Waals surface area contributed by atoms with E-state index in [-0.39, 0.29) is 24.4 Å². The Morgan fingerprint density at radius 1 is 1.15 bits per heavy atom. The number of esters is 1. The summed E-state index contributed by atoms with van der Waals surface area (Å²) in [6.45, 7) is 7.84. The fraction of sp³-hybridized carbons (Fsp3) is 0.591. The van der Waals surface area contributed by atoms with Gasteiger partial charge in [-0.2, -0.15) is 0 Å². The van der Waals surface area contributed by atoms with Crippen molar-refractivity contribution in [2.75, 3.05) is 6.61 Å². The minimum Gasteiger partial charge on any atom is -0.461 e. The van der Waals surface area contributed by atoms with Crippen LogP contribution in [0.25, 0.3) is 0 Å². The van der Waals surface area contributed by atoms with Gasteiger partial charge in [0.15, 0.2) is 0 Å². The minimum absolute atomic E-state index is 0.0464. The number of rotatable bonds is 11. The van der Waals surface area contributed by atoms with Crippen molar-refractivity contribution in [3.63, 3.8) is 0 Å². The number of hydrogen-bond acceptors (Lipinski definition) is 4. The number of aldehydes is 2. The highest BCUT2D eigenvalue weighted by atomic mass is 16.5. The summed E-state index contributed by atoms with van der Waals surface area (Å²) in [6, 6.07) is 0. The fourth-order valence-electron chi connectivity index (χ4n) is 3.43. The second kappa shape index (κ2) is 11.6. The molecule has 1 rings (SSSR count). The molecule has 2 unspecified atom stereocenters. The fourth-order valence-corrected chi connectivity index (χ4v) is 3.43. The third-order valence-electron chi connectivity index (χ3n) is 4.92. The van der Waals surface area contributed by atoms with Crippen molar-refractivity contribution in [3.05, 3.63) is 34.4 Å². The second-order valence-electron chi connectivity index (χ2n) is 7.35. The maximum Gasteiger partial charge on any atom is 0.302 e. The lowest BCUT2D eigenvalue weighted by Crippen LogP contribution is -2.17. The smallest absolute Gasteiger partial charge is 0.302 e. The van der Waals surface area contributed by atoms with Gasteiger partial charge < -0.3 is 9.53 Å². The van der Waals surface area contributed by atoms with E-state index in [4.69, 9.17) is 4.74 Å². The average Bonchev–Trinajstić information content (AvgIpc) is 2.99. The van der Waals surface area contributed by atoms with Crippen LogP contribution in [-0.4, -0.2) is 25.1 Å². The van der Waals surface area contributed by atoms with Gasteiger partial charge in [0.1, 0.15) is 19.2 Å². The monoisotopic (exact) mass is 360 g/mol. The third kappa shape index (κ3) is 7.51. The molecule has 1 aliphatic rings. The molecule has 0 amide bonds. The maximum absolute atomic E-state index is 11.6. The van der Waals surface area contributed by atoms with Gasteiger partial charge in [-0.25, -0.2) is 0 Å². The van der Waals surface area contributed by atoms with Crippen molar-refractivity contribution in [1.29, 1.82) is 0 Å². The molecule has 1 aliphatic carbocycles. The Bertz CT molecular complexity index is 591. The maximum atomic E-state index is 11.6. The zero-order chi connectivity index (χ0) is 19.5. The van der Waals surface area contributed by atoms with Crippen LogP contribution in [0.3, 0.4) is 0 Å². The third-order valence-corrected chi connectivity index (χ3v) is 4.92. The Hall–Kier alpha value is -1.97. The minimum atomic E-state index is -0.355. The van der Waals surface area contributed by atoms with Crippen molar-refractivity contribution in [2.24, 2.45) is 11.8 Å². The Labute approximate surface area is 157 Å². The van der Waals surface area contributed by atoms with Crippen LogP contribution in [0.4, 0.5) is 0 Å². The largest absolute Gasteiger partial charge is 0.461 e. The lowest BCUT2D eigenvalue weighted by molar-refractivity contribution is -0.140. The first-order chi connectivity index (χ1) is 12.4. The first-order valence-electron chi connectivity index (χ1n) is 9.43. The van der Waals surface area contributed by atoms with Crippen molar-refractivity contribution in [1.82, 2.24) is 0 Å². The summed E-state index contributed by atoms with van der Waals surface area (Å²) in [5.41, 5.74) is 4.19. The SMILES string of the molecule is CC(=O)OCC1=C(C=O)C(C(C=O)CC/C=C(\C)CCC=C(C)C)CC1. The molecule has 4 nitrogen and oxygen atoms in total. The average molecular weight is 360 g/mol. The molecular weight excluding hydrogens is 328 g/mol. The van der Waals surface area contributed by atoms with E-state index in [0.29, 0.717) is 12.0 Å². The van der Waals surface area contributed by atoms with E-state index in [1.165, 1.54) is 18.1 Å². The van der Waals surface area contributed by atoms with E-state index in [1.54, 1.807) is 0 Å². The van der Waals surface area contributed by atoms with Gasteiger partial charge in [0.25, 0.3) is 0 Å². The lowest BCUT2D eigenvalue weighted by atomic mass is 9.84. The molecule has 0 radical (unpaired) electrons. The standard InChI is InChI=1S/C22H32O4/c1-16(2)7-5-8-17(3)9-6-10-19(13-23)21-12-11-20(22(21)14-24)15-26-18(4)25/h7,9,13-14,19,21H,5-6,8,10-12,15H2,1-4H3/b17-9+. The molecule has 0 saturated carbocycles. The number of carbonyl (C=O) groups is 3. The Balaban J connectivity index is 2.62. The van der Waals surface area contributed by atoms with Crippen molar-refractivity contribution in [3.8, 4) is 0 Å². The first kappa shape index (κ1) is 22.1. The summed E-state index contributed by atoms with van der Waals surface area (Å²) >= 11 is 0. The number of allylic oxidation sites excluding steroid dienone is 5. The normalized spacial score (nSPS) is 18.5. The van der Waals surface area contributed by atoms with E-state index in [1.807, 2.05) is 0 Å². The van der Waals surface area contributed by atoms with E-state index in [2.05, 4.69) is 32.9 Å². The quantitative estimate of drug-likeness (QED) is 0.303. The van der Waals surface area contributed by atoms with Gasteiger partial charge in [0.05, 0.1) is 0 Å². The zero-order valence-corrected chi connectivity index (χ0v) is 16.5. The van der Waals surface area contributed by atoms with E-state index in [0.717, 1.165) is 50.2 Å². The lowest BCUT2D eigenvalue weighted by Gasteiger charge is -2.18. The Morgan fingerprint density at radius 2 is 1.88 bits per heavy atom. The summed E-state index contributed by atoms with van der Waals surface area (Å²) in [6.07, 6.45) is 11.4. The molecule has 4 heteroatoms. The Morgan fingerprint density at radius 3 is 2.46 bits per heavy atom. The van der Waals surface area contributed by atoms with Crippen LogP contribution < -0.4 is 0 Å². The van der Waals surface area contributed by atoms with E-state index in [9.17, 15) is 14.4 Å². The van der Waals surface area contributed by atoms with Gasteiger partial charge in [0, 0.05) is 12.8 Å². The molecule has 0 aromatic heterocycles. The molecule has 0 spiro atoms. The molecule has 0 heterocycles. The van der Waals surface area contributed by atoms with Gasteiger partial charge in [-0.1, -0.05) is 23.3 Å². The van der Waals surface area contributed by atoms with Crippen LogP contribution in [0, 0.1) is 11.8 Å². The number of carbonyl (C=O) groups excluding carboxylic acids is 3. The highest BCUT2D eigenvalue weighted by Gasteiger charge is 2.31. The van der Waals surface area contributed by atoms with Gasteiger partial charge in [0.2, 0.25) is 0 Å². The second-order valence-corrected chi connectivity index (χ2v) is 7.35. The van der Waals surface area contributed by atoms with E-state index >= 15 is 0 Å². The van der Waals surface area contributed by atoms with Gasteiger partial charge in [-0.05, 0) is 76.4 Å². The highest BCUT2D eigenvalue weighted by molar-refractivity contribution is 5.78. The molecule has 144 valence electrons. The predicted octanol–water partition coefficient (Wildman–Crippen LogP) is 4.74. The van der Waals surface area contributed by atoms with Crippen LogP contribution in [0.5, 0.6) is 0 Å². The summed E-state index contributed by atoms with van der Waals surface area (Å²) in [7, 11) is 0. The molecule has 0 aliphatic heterocycles. The van der Waals surface area contributed by atoms with Crippen LogP contribution in [0.15, 0.2) is 34.4 Å². The molecule has 26 heavy (non-hydrogen) atoms. The number of ether oxygens (including phenoxy) is 1. The predicted molar refractivity (Wildman–Crippen MR) is 104 cm³/mol. The van der Waals surface area contributed by atoms with Gasteiger partial charge in [-0.3, -0.25) is 9.59 Å². The van der Waals surface area contributed by atoms with Gasteiger partial charge >= 0.3 is 5.97 Å². The molecule has 0 bridgehead atoms. The topological polar surface area (TPSA) is 60.4 Å². The zero-order valence-electron chi connectivity index (χ0n) is 16.5. The molecule has 2 atom stereocenters. The van der Waals surface area contributed by atoms with Crippen LogP contribution in [0.1, 0.15) is 66.2 Å². The van der Waals surface area contributed by atoms with Gasteiger partial charge in [-0.15, -0.1) is 0 Å². The summed E-state index contributed by atoms with van der Waals surface area (Å²) in [5, 5.41) is 0. The molecule has 0 aromatic carbocycles. The summed E-state index contributed by atoms with van der Waals surface area (Å²) in [4.78, 5) is 34.1. The van der Waals surface area contributed by atoms with Crippen LogP contribution in [-0.2, 0) is 19.1 Å². The molecule has 0 saturated heterocycles. The molecule has 0 fully saturated rings. The van der Waals surface area contributed by atoms with Crippen LogP contribution >= 0.6 is 0 Å². The summed E-state index contributed by atoms with van der Waals surface area (Å²) < 4.78 is 5.03. The van der Waals surface area contributed by atoms with Crippen LogP contribution in [0.2, 0.25) is 0 Å². The van der Waals surface area contributed by atoms with Crippen molar-refractivity contribution >= 4 is 18.5 Å².